The van der Waals surface area contributed by atoms with Crippen LogP contribution < -0.4 is 10.6 Å². The molecule has 3 aromatic rings. The van der Waals surface area contributed by atoms with E-state index < -0.39 is 0 Å². The molecule has 0 aliphatic carbocycles. The second-order valence-electron chi connectivity index (χ2n) is 4.88. The molecule has 25 heavy (non-hydrogen) atoms. The summed E-state index contributed by atoms with van der Waals surface area (Å²) in [6, 6.07) is 8.44. The van der Waals surface area contributed by atoms with E-state index in [0.29, 0.717) is 27.3 Å². The minimum atomic E-state index is -0.376. The first kappa shape index (κ1) is 17.9. The first-order chi connectivity index (χ1) is 12.0. The fourth-order valence-electron chi connectivity index (χ4n) is 1.91. The van der Waals surface area contributed by atoms with Gasteiger partial charge < -0.3 is 5.32 Å². The number of carbonyl (C=O) groups excluding carboxylic acids is 2. The quantitative estimate of drug-likeness (QED) is 0.639. The van der Waals surface area contributed by atoms with E-state index in [-0.39, 0.29) is 17.5 Å². The molecule has 0 fully saturated rings. The lowest BCUT2D eigenvalue weighted by atomic mass is 10.2. The van der Waals surface area contributed by atoms with Crippen molar-refractivity contribution in [3.05, 3.63) is 67.3 Å². The summed E-state index contributed by atoms with van der Waals surface area (Å²) in [6.07, 6.45) is 0. The second-order valence-corrected chi connectivity index (χ2v) is 7.59. The SMILES string of the molecule is O=C(Nc1nc(C(=O)NCc2cccs2)cs1)c1ccc(Cl)c(Cl)c1. The van der Waals surface area contributed by atoms with Crippen LogP contribution >= 0.6 is 45.9 Å². The second kappa shape index (κ2) is 7.97. The Bertz CT molecular complexity index is 910. The van der Waals surface area contributed by atoms with Gasteiger partial charge in [-0.25, -0.2) is 4.98 Å². The summed E-state index contributed by atoms with van der Waals surface area (Å²) in [6.45, 7) is 0.443. The maximum absolute atomic E-state index is 12.2. The number of aromatic nitrogens is 1. The Morgan fingerprint density at radius 3 is 2.64 bits per heavy atom. The van der Waals surface area contributed by atoms with Crippen LogP contribution in [0.25, 0.3) is 0 Å². The molecule has 128 valence electrons. The fourth-order valence-corrected chi connectivity index (χ4v) is 3.54. The fraction of sp³-hybridized carbons (Fsp3) is 0.0625. The van der Waals surface area contributed by atoms with Crippen molar-refractivity contribution in [1.82, 2.24) is 10.3 Å². The van der Waals surface area contributed by atoms with E-state index in [9.17, 15) is 9.59 Å². The zero-order chi connectivity index (χ0) is 17.8. The Balaban J connectivity index is 1.61. The summed E-state index contributed by atoms with van der Waals surface area (Å²) >= 11 is 14.5. The van der Waals surface area contributed by atoms with E-state index in [1.807, 2.05) is 17.5 Å². The maximum Gasteiger partial charge on any atom is 0.271 e. The van der Waals surface area contributed by atoms with Crippen molar-refractivity contribution in [3.63, 3.8) is 0 Å². The van der Waals surface area contributed by atoms with Gasteiger partial charge in [0.25, 0.3) is 11.8 Å². The van der Waals surface area contributed by atoms with Crippen molar-refractivity contribution in [1.29, 1.82) is 0 Å². The van der Waals surface area contributed by atoms with Crippen LogP contribution in [0, 0.1) is 0 Å². The number of thiophene rings is 1. The normalized spacial score (nSPS) is 10.5. The molecule has 3 rings (SSSR count). The van der Waals surface area contributed by atoms with Crippen LogP contribution in [0.3, 0.4) is 0 Å². The topological polar surface area (TPSA) is 71.1 Å². The minimum absolute atomic E-state index is 0.256. The van der Waals surface area contributed by atoms with E-state index in [2.05, 4.69) is 15.6 Å². The third-order valence-corrected chi connectivity index (χ3v) is 5.52. The van der Waals surface area contributed by atoms with Crippen molar-refractivity contribution in [2.24, 2.45) is 0 Å². The van der Waals surface area contributed by atoms with Crippen LogP contribution in [-0.4, -0.2) is 16.8 Å². The first-order valence-electron chi connectivity index (χ1n) is 7.05. The third-order valence-electron chi connectivity index (χ3n) is 3.14. The number of halogens is 2. The van der Waals surface area contributed by atoms with Gasteiger partial charge in [0.2, 0.25) is 0 Å². The highest BCUT2D eigenvalue weighted by atomic mass is 35.5. The highest BCUT2D eigenvalue weighted by Crippen LogP contribution is 2.23. The van der Waals surface area contributed by atoms with Gasteiger partial charge >= 0.3 is 0 Å². The molecule has 2 N–H and O–H groups in total. The Morgan fingerprint density at radius 1 is 1.08 bits per heavy atom. The average molecular weight is 412 g/mol. The van der Waals surface area contributed by atoms with Gasteiger partial charge in [-0.15, -0.1) is 22.7 Å². The van der Waals surface area contributed by atoms with E-state index in [4.69, 9.17) is 23.2 Å². The van der Waals surface area contributed by atoms with Gasteiger partial charge in [-0.3, -0.25) is 14.9 Å². The van der Waals surface area contributed by atoms with E-state index in [0.717, 1.165) is 4.88 Å². The number of nitrogens with one attached hydrogen (secondary N) is 2. The van der Waals surface area contributed by atoms with Crippen LogP contribution in [0.5, 0.6) is 0 Å². The molecule has 0 saturated heterocycles. The van der Waals surface area contributed by atoms with E-state index in [1.54, 1.807) is 28.8 Å². The molecular weight excluding hydrogens is 401 g/mol. The largest absolute Gasteiger partial charge is 0.346 e. The summed E-state index contributed by atoms with van der Waals surface area (Å²) in [5, 5.41) is 9.96. The molecule has 5 nitrogen and oxygen atoms in total. The van der Waals surface area contributed by atoms with Gasteiger partial charge in [-0.1, -0.05) is 29.3 Å². The minimum Gasteiger partial charge on any atom is -0.346 e. The zero-order valence-corrected chi connectivity index (χ0v) is 15.7. The van der Waals surface area contributed by atoms with Crippen molar-refractivity contribution in [2.45, 2.75) is 6.54 Å². The monoisotopic (exact) mass is 411 g/mol. The molecule has 2 aromatic heterocycles. The van der Waals surface area contributed by atoms with Crippen LogP contribution in [0.15, 0.2) is 41.1 Å². The predicted molar refractivity (Wildman–Crippen MR) is 102 cm³/mol. The Kier molecular flexibility index (Phi) is 5.70. The number of nitrogens with zero attached hydrogens (tertiary/aromatic N) is 1. The summed E-state index contributed by atoms with van der Waals surface area (Å²) in [4.78, 5) is 29.5. The number of anilines is 1. The number of rotatable bonds is 5. The molecule has 0 aliphatic heterocycles. The summed E-state index contributed by atoms with van der Waals surface area (Å²) in [5.74, 6) is -0.668. The van der Waals surface area contributed by atoms with Crippen LogP contribution in [-0.2, 0) is 6.54 Å². The van der Waals surface area contributed by atoms with Gasteiger partial charge in [0, 0.05) is 15.8 Å². The standard InChI is InChI=1S/C16H11Cl2N3O2S2/c17-11-4-3-9(6-12(11)18)14(22)21-16-20-13(8-25-16)15(23)19-7-10-2-1-5-24-10/h1-6,8H,7H2,(H,19,23)(H,20,21,22). The molecule has 0 bridgehead atoms. The number of amides is 2. The number of hydrogen-bond donors (Lipinski definition) is 2. The number of carbonyl (C=O) groups is 2. The molecule has 0 unspecified atom stereocenters. The Hall–Kier alpha value is -1.93. The van der Waals surface area contributed by atoms with Crippen molar-refractivity contribution >= 4 is 62.8 Å². The van der Waals surface area contributed by atoms with Gasteiger partial charge in [0.1, 0.15) is 5.69 Å². The number of hydrogen-bond acceptors (Lipinski definition) is 5. The highest BCUT2D eigenvalue weighted by Gasteiger charge is 2.14. The molecular formula is C16H11Cl2N3O2S2. The molecule has 2 heterocycles. The molecule has 0 aliphatic rings. The lowest BCUT2D eigenvalue weighted by molar-refractivity contribution is 0.0945. The van der Waals surface area contributed by atoms with Crippen molar-refractivity contribution in [3.8, 4) is 0 Å². The third kappa shape index (κ3) is 4.58. The summed E-state index contributed by atoms with van der Waals surface area (Å²) in [7, 11) is 0. The van der Waals surface area contributed by atoms with Crippen LogP contribution in [0.4, 0.5) is 5.13 Å². The van der Waals surface area contributed by atoms with Gasteiger partial charge in [-0.2, -0.15) is 0 Å². The molecule has 0 spiro atoms. The molecule has 9 heteroatoms. The van der Waals surface area contributed by atoms with Gasteiger partial charge in [-0.05, 0) is 29.6 Å². The molecule has 0 atom stereocenters. The van der Waals surface area contributed by atoms with Crippen molar-refractivity contribution < 1.29 is 9.59 Å². The lowest BCUT2D eigenvalue weighted by Gasteiger charge is -2.03. The maximum atomic E-state index is 12.2. The summed E-state index contributed by atoms with van der Waals surface area (Å²) in [5.41, 5.74) is 0.610. The van der Waals surface area contributed by atoms with Gasteiger partial charge in [0.15, 0.2) is 5.13 Å². The Morgan fingerprint density at radius 2 is 1.92 bits per heavy atom. The number of benzene rings is 1. The molecule has 1 aromatic carbocycles. The lowest BCUT2D eigenvalue weighted by Crippen LogP contribution is -2.22. The highest BCUT2D eigenvalue weighted by molar-refractivity contribution is 7.14. The zero-order valence-electron chi connectivity index (χ0n) is 12.6. The number of thiazole rings is 1. The predicted octanol–water partition coefficient (Wildman–Crippen LogP) is 4.69. The van der Waals surface area contributed by atoms with Crippen LogP contribution in [0.1, 0.15) is 25.7 Å². The summed E-state index contributed by atoms with van der Waals surface area (Å²) < 4.78 is 0. The first-order valence-corrected chi connectivity index (χ1v) is 9.57. The van der Waals surface area contributed by atoms with Crippen LogP contribution in [0.2, 0.25) is 10.0 Å². The van der Waals surface area contributed by atoms with E-state index in [1.165, 1.54) is 17.4 Å². The van der Waals surface area contributed by atoms with Crippen molar-refractivity contribution in [2.75, 3.05) is 5.32 Å². The molecule has 2 amide bonds. The average Bonchev–Trinajstić information content (AvgIpc) is 3.27. The Labute approximate surface area is 161 Å². The van der Waals surface area contributed by atoms with Gasteiger partial charge in [0.05, 0.1) is 16.6 Å². The smallest absolute Gasteiger partial charge is 0.271 e. The van der Waals surface area contributed by atoms with E-state index >= 15 is 0 Å². The molecule has 0 saturated carbocycles. The molecule has 0 radical (unpaired) electrons.